The van der Waals surface area contributed by atoms with Crippen LogP contribution in [-0.4, -0.2) is 5.97 Å². The van der Waals surface area contributed by atoms with Crippen molar-refractivity contribution in [3.8, 4) is 5.75 Å². The van der Waals surface area contributed by atoms with E-state index in [0.717, 1.165) is 21.8 Å². The second-order valence-electron chi connectivity index (χ2n) is 4.34. The highest BCUT2D eigenvalue weighted by Gasteiger charge is 2.30. The number of carbonyl (C=O) groups is 1. The zero-order chi connectivity index (χ0) is 16.2. The third-order valence-electron chi connectivity index (χ3n) is 2.64. The van der Waals surface area contributed by atoms with Crippen molar-refractivity contribution in [1.29, 1.82) is 0 Å². The average Bonchev–Trinajstić information content (AvgIpc) is 2.45. The molecule has 2 aromatic carbocycles. The van der Waals surface area contributed by atoms with Crippen molar-refractivity contribution < 1.29 is 22.7 Å². The summed E-state index contributed by atoms with van der Waals surface area (Å²) in [5.74, 6) is -0.273. The molecule has 0 aromatic heterocycles. The van der Waals surface area contributed by atoms with Gasteiger partial charge < -0.3 is 4.74 Å². The van der Waals surface area contributed by atoms with Gasteiger partial charge in [-0.1, -0.05) is 18.2 Å². The summed E-state index contributed by atoms with van der Waals surface area (Å²) in [5, 5.41) is 0. The summed E-state index contributed by atoms with van der Waals surface area (Å²) in [4.78, 5) is 11.6. The lowest BCUT2D eigenvalue weighted by atomic mass is 10.1. The van der Waals surface area contributed by atoms with E-state index in [1.54, 1.807) is 18.2 Å². The van der Waals surface area contributed by atoms with Crippen molar-refractivity contribution >= 4 is 34.6 Å². The van der Waals surface area contributed by atoms with Gasteiger partial charge >= 0.3 is 12.1 Å². The number of rotatable bonds is 3. The Labute approximate surface area is 138 Å². The summed E-state index contributed by atoms with van der Waals surface area (Å²) in [6, 6.07) is 11.6. The minimum atomic E-state index is -4.41. The molecule has 0 fully saturated rings. The minimum absolute atomic E-state index is 0.273. The van der Waals surface area contributed by atoms with Crippen molar-refractivity contribution in [2.24, 2.45) is 0 Å². The quantitative estimate of drug-likeness (QED) is 0.306. The van der Waals surface area contributed by atoms with Crippen LogP contribution in [0.1, 0.15) is 11.1 Å². The maximum Gasteiger partial charge on any atom is 0.416 e. The summed E-state index contributed by atoms with van der Waals surface area (Å²) >= 11 is 2.08. The molecule has 0 aliphatic carbocycles. The van der Waals surface area contributed by atoms with E-state index in [1.807, 2.05) is 6.07 Å². The molecule has 0 saturated carbocycles. The van der Waals surface area contributed by atoms with Gasteiger partial charge in [0.15, 0.2) is 0 Å². The number of alkyl halides is 3. The number of ether oxygens (including phenoxy) is 1. The molecule has 0 heterocycles. The first-order valence-corrected chi connectivity index (χ1v) is 7.25. The van der Waals surface area contributed by atoms with Gasteiger partial charge in [-0.2, -0.15) is 13.2 Å². The smallest absolute Gasteiger partial charge is 0.416 e. The van der Waals surface area contributed by atoms with Crippen LogP contribution in [0.25, 0.3) is 6.08 Å². The minimum Gasteiger partial charge on any atom is -0.423 e. The molecule has 2 rings (SSSR count). The molecule has 6 heteroatoms. The van der Waals surface area contributed by atoms with Gasteiger partial charge in [-0.25, -0.2) is 4.79 Å². The van der Waals surface area contributed by atoms with Crippen LogP contribution >= 0.6 is 22.6 Å². The number of hydrogen-bond acceptors (Lipinski definition) is 2. The number of hydrogen-bond donors (Lipinski definition) is 0. The molecule has 22 heavy (non-hydrogen) atoms. The Morgan fingerprint density at radius 1 is 1.09 bits per heavy atom. The van der Waals surface area contributed by atoms with E-state index < -0.39 is 17.7 Å². The maximum absolute atomic E-state index is 12.6. The maximum atomic E-state index is 12.6. The molecular formula is C16H10F3IO2. The molecule has 0 N–H and O–H groups in total. The first-order valence-electron chi connectivity index (χ1n) is 6.17. The molecule has 0 aliphatic heterocycles. The molecule has 0 atom stereocenters. The van der Waals surface area contributed by atoms with E-state index in [1.165, 1.54) is 18.2 Å². The van der Waals surface area contributed by atoms with Crippen molar-refractivity contribution in [2.45, 2.75) is 6.18 Å². The van der Waals surface area contributed by atoms with Gasteiger partial charge in [-0.3, -0.25) is 0 Å². The van der Waals surface area contributed by atoms with Crippen LogP contribution < -0.4 is 4.74 Å². The summed E-state index contributed by atoms with van der Waals surface area (Å²) in [6.45, 7) is 0. The van der Waals surface area contributed by atoms with E-state index in [9.17, 15) is 18.0 Å². The number of halogens is 4. The van der Waals surface area contributed by atoms with E-state index in [4.69, 9.17) is 4.74 Å². The van der Waals surface area contributed by atoms with Gasteiger partial charge in [0.1, 0.15) is 5.75 Å². The standard InChI is InChI=1S/C16H10F3IO2/c17-16(18,19)12-4-1-3-11(9-12)7-8-15(21)22-14-6-2-5-13(20)10-14/h1-10H. The van der Waals surface area contributed by atoms with Gasteiger partial charge in [0, 0.05) is 9.65 Å². The molecule has 2 aromatic rings. The van der Waals surface area contributed by atoms with Gasteiger partial charge in [-0.15, -0.1) is 0 Å². The van der Waals surface area contributed by atoms with E-state index >= 15 is 0 Å². The van der Waals surface area contributed by atoms with Crippen LogP contribution in [-0.2, 0) is 11.0 Å². The second-order valence-corrected chi connectivity index (χ2v) is 5.58. The normalized spacial score (nSPS) is 11.6. The monoisotopic (exact) mass is 418 g/mol. The Bertz CT molecular complexity index is 709. The Kier molecular flexibility index (Phi) is 5.23. The lowest BCUT2D eigenvalue weighted by molar-refractivity contribution is -0.137. The second kappa shape index (κ2) is 6.95. The van der Waals surface area contributed by atoms with Crippen LogP contribution in [0.4, 0.5) is 13.2 Å². The van der Waals surface area contributed by atoms with Gasteiger partial charge in [-0.05, 0) is 64.6 Å². The van der Waals surface area contributed by atoms with Crippen molar-refractivity contribution in [3.63, 3.8) is 0 Å². The predicted molar refractivity (Wildman–Crippen MR) is 85.3 cm³/mol. The summed E-state index contributed by atoms with van der Waals surface area (Å²) in [7, 11) is 0. The fourth-order valence-electron chi connectivity index (χ4n) is 1.66. The van der Waals surface area contributed by atoms with Crippen molar-refractivity contribution in [2.75, 3.05) is 0 Å². The molecule has 0 unspecified atom stereocenters. The van der Waals surface area contributed by atoms with Crippen LogP contribution in [0.2, 0.25) is 0 Å². The van der Waals surface area contributed by atoms with Crippen molar-refractivity contribution in [3.05, 3.63) is 69.3 Å². The summed E-state index contributed by atoms with van der Waals surface area (Å²) in [5.41, 5.74) is -0.491. The third kappa shape index (κ3) is 4.87. The molecule has 0 amide bonds. The Balaban J connectivity index is 2.07. The Morgan fingerprint density at radius 2 is 1.82 bits per heavy atom. The molecule has 0 spiro atoms. The van der Waals surface area contributed by atoms with E-state index in [-0.39, 0.29) is 5.56 Å². The van der Waals surface area contributed by atoms with Gasteiger partial charge in [0.25, 0.3) is 0 Å². The van der Waals surface area contributed by atoms with Crippen molar-refractivity contribution in [1.82, 2.24) is 0 Å². The Morgan fingerprint density at radius 3 is 2.50 bits per heavy atom. The van der Waals surface area contributed by atoms with Crippen LogP contribution in [0.15, 0.2) is 54.6 Å². The average molecular weight is 418 g/mol. The number of esters is 1. The fraction of sp³-hybridized carbons (Fsp3) is 0.0625. The number of benzene rings is 2. The predicted octanol–water partition coefficient (Wildman–Crippen LogP) is 4.93. The SMILES string of the molecule is O=C(C=Cc1cccc(C(F)(F)F)c1)Oc1cccc(I)c1. The van der Waals surface area contributed by atoms with Gasteiger partial charge in [0.05, 0.1) is 5.56 Å². The lowest BCUT2D eigenvalue weighted by Gasteiger charge is -2.06. The highest BCUT2D eigenvalue weighted by molar-refractivity contribution is 14.1. The van der Waals surface area contributed by atoms with E-state index in [2.05, 4.69) is 22.6 Å². The van der Waals surface area contributed by atoms with Crippen LogP contribution in [0, 0.1) is 3.57 Å². The van der Waals surface area contributed by atoms with Crippen LogP contribution in [0.3, 0.4) is 0 Å². The third-order valence-corrected chi connectivity index (χ3v) is 3.31. The zero-order valence-electron chi connectivity index (χ0n) is 11.1. The fourth-order valence-corrected chi connectivity index (χ4v) is 2.18. The summed E-state index contributed by atoms with van der Waals surface area (Å²) < 4.78 is 43.7. The van der Waals surface area contributed by atoms with Gasteiger partial charge in [0.2, 0.25) is 0 Å². The molecule has 2 nitrogen and oxygen atoms in total. The topological polar surface area (TPSA) is 26.3 Å². The number of carbonyl (C=O) groups excluding carboxylic acids is 1. The molecule has 0 radical (unpaired) electrons. The largest absolute Gasteiger partial charge is 0.423 e. The lowest BCUT2D eigenvalue weighted by Crippen LogP contribution is -2.05. The Hall–Kier alpha value is -1.83. The first kappa shape index (κ1) is 16.5. The van der Waals surface area contributed by atoms with Crippen LogP contribution in [0.5, 0.6) is 5.75 Å². The molecular weight excluding hydrogens is 408 g/mol. The first-order chi connectivity index (χ1) is 10.3. The molecule has 0 bridgehead atoms. The molecule has 0 saturated heterocycles. The highest BCUT2D eigenvalue weighted by Crippen LogP contribution is 2.29. The summed E-state index contributed by atoms with van der Waals surface area (Å²) in [6.07, 6.45) is -2.04. The zero-order valence-corrected chi connectivity index (χ0v) is 13.3. The van der Waals surface area contributed by atoms with E-state index in [0.29, 0.717) is 5.75 Å². The molecule has 0 aliphatic rings. The highest BCUT2D eigenvalue weighted by atomic mass is 127. The molecule has 114 valence electrons.